The standard InChI is InChI=1S/C13H15FN2O3S2/c1-7-4-10(14)5-8(2)12(7)21(18,19)16-13-15-11(6-20-13)9(3)17/h4-6,9,17H,1-3H3,(H,15,16). The van der Waals surface area contributed by atoms with Crippen LogP contribution >= 0.6 is 11.3 Å². The molecule has 1 atom stereocenters. The number of nitrogens with zero attached hydrogens (tertiary/aromatic N) is 1. The first-order valence-corrected chi connectivity index (χ1v) is 8.50. The van der Waals surface area contributed by atoms with Crippen LogP contribution in [0.1, 0.15) is 29.8 Å². The van der Waals surface area contributed by atoms with Gasteiger partial charge in [-0.2, -0.15) is 0 Å². The number of aliphatic hydroxyl groups excluding tert-OH is 1. The van der Waals surface area contributed by atoms with Crippen LogP contribution in [0.5, 0.6) is 0 Å². The summed E-state index contributed by atoms with van der Waals surface area (Å²) in [6, 6.07) is 2.34. The van der Waals surface area contributed by atoms with E-state index in [0.717, 1.165) is 11.3 Å². The van der Waals surface area contributed by atoms with Crippen LogP contribution in [0, 0.1) is 19.7 Å². The second-order valence-corrected chi connectivity index (χ2v) is 7.21. The highest BCUT2D eigenvalue weighted by molar-refractivity contribution is 7.93. The van der Waals surface area contributed by atoms with Crippen molar-refractivity contribution >= 4 is 26.5 Å². The van der Waals surface area contributed by atoms with E-state index in [-0.39, 0.29) is 10.0 Å². The highest BCUT2D eigenvalue weighted by atomic mass is 32.2. The Balaban J connectivity index is 2.38. The lowest BCUT2D eigenvalue weighted by Crippen LogP contribution is -2.16. The number of aromatic nitrogens is 1. The van der Waals surface area contributed by atoms with Crippen molar-refractivity contribution in [1.82, 2.24) is 4.98 Å². The monoisotopic (exact) mass is 330 g/mol. The van der Waals surface area contributed by atoms with E-state index in [4.69, 9.17) is 0 Å². The number of aryl methyl sites for hydroxylation is 2. The average molecular weight is 330 g/mol. The molecule has 1 heterocycles. The fraction of sp³-hybridized carbons (Fsp3) is 0.308. The summed E-state index contributed by atoms with van der Waals surface area (Å²) in [5.41, 5.74) is 1.05. The SMILES string of the molecule is Cc1cc(F)cc(C)c1S(=O)(=O)Nc1nc(C(C)O)cs1. The number of sulfonamides is 1. The number of rotatable bonds is 4. The largest absolute Gasteiger partial charge is 0.387 e. The molecule has 0 amide bonds. The lowest BCUT2D eigenvalue weighted by molar-refractivity contribution is 0.195. The van der Waals surface area contributed by atoms with Crippen molar-refractivity contribution in [3.05, 3.63) is 40.2 Å². The van der Waals surface area contributed by atoms with Gasteiger partial charge in [0.2, 0.25) is 0 Å². The maximum absolute atomic E-state index is 13.3. The molecule has 0 bridgehead atoms. The predicted molar refractivity (Wildman–Crippen MR) is 79.4 cm³/mol. The van der Waals surface area contributed by atoms with Crippen LogP contribution < -0.4 is 4.72 Å². The number of halogens is 1. The van der Waals surface area contributed by atoms with Gasteiger partial charge in [-0.25, -0.2) is 17.8 Å². The Labute approximate surface area is 126 Å². The summed E-state index contributed by atoms with van der Waals surface area (Å²) in [6.45, 7) is 4.61. The van der Waals surface area contributed by atoms with Gasteiger partial charge in [0.15, 0.2) is 5.13 Å². The summed E-state index contributed by atoms with van der Waals surface area (Å²) in [6.07, 6.45) is -0.770. The Bertz CT molecular complexity index is 746. The van der Waals surface area contributed by atoms with Crippen molar-refractivity contribution in [2.75, 3.05) is 4.72 Å². The van der Waals surface area contributed by atoms with Crippen molar-refractivity contribution in [2.24, 2.45) is 0 Å². The topological polar surface area (TPSA) is 79.3 Å². The molecule has 1 aromatic carbocycles. The fourth-order valence-electron chi connectivity index (χ4n) is 2.01. The third kappa shape index (κ3) is 3.39. The molecule has 0 radical (unpaired) electrons. The molecule has 114 valence electrons. The Morgan fingerprint density at radius 3 is 2.38 bits per heavy atom. The van der Waals surface area contributed by atoms with Gasteiger partial charge in [-0.15, -0.1) is 11.3 Å². The average Bonchev–Trinajstić information content (AvgIpc) is 2.74. The van der Waals surface area contributed by atoms with Crippen LogP contribution in [0.25, 0.3) is 0 Å². The normalized spacial score (nSPS) is 13.2. The van der Waals surface area contributed by atoms with E-state index in [0.29, 0.717) is 16.8 Å². The minimum Gasteiger partial charge on any atom is -0.387 e. The van der Waals surface area contributed by atoms with Gasteiger partial charge < -0.3 is 5.11 Å². The summed E-state index contributed by atoms with van der Waals surface area (Å²) in [5, 5.41) is 11.1. The second kappa shape index (κ2) is 5.70. The van der Waals surface area contributed by atoms with Crippen molar-refractivity contribution in [2.45, 2.75) is 31.8 Å². The van der Waals surface area contributed by atoms with Gasteiger partial charge >= 0.3 is 0 Å². The van der Waals surface area contributed by atoms with E-state index in [1.807, 2.05) is 0 Å². The highest BCUT2D eigenvalue weighted by Gasteiger charge is 2.22. The molecule has 0 saturated heterocycles. The molecule has 1 aromatic heterocycles. The molecule has 5 nitrogen and oxygen atoms in total. The molecule has 2 N–H and O–H groups in total. The maximum Gasteiger partial charge on any atom is 0.264 e. The number of hydrogen-bond donors (Lipinski definition) is 2. The van der Waals surface area contributed by atoms with Gasteiger partial charge in [0.1, 0.15) is 5.82 Å². The zero-order chi connectivity index (χ0) is 15.8. The maximum atomic E-state index is 13.3. The first-order chi connectivity index (χ1) is 9.70. The Morgan fingerprint density at radius 2 is 1.90 bits per heavy atom. The third-order valence-corrected chi connectivity index (χ3v) is 5.41. The first kappa shape index (κ1) is 15.9. The lowest BCUT2D eigenvalue weighted by atomic mass is 10.1. The molecule has 0 fully saturated rings. The van der Waals surface area contributed by atoms with E-state index < -0.39 is 21.9 Å². The highest BCUT2D eigenvalue weighted by Crippen LogP contribution is 2.26. The summed E-state index contributed by atoms with van der Waals surface area (Å²) >= 11 is 1.08. The van der Waals surface area contributed by atoms with Crippen LogP contribution in [0.4, 0.5) is 9.52 Å². The molecule has 0 aliphatic rings. The molecular formula is C13H15FN2O3S2. The molecule has 2 rings (SSSR count). The fourth-order valence-corrected chi connectivity index (χ4v) is 4.52. The third-order valence-electron chi connectivity index (χ3n) is 2.87. The van der Waals surface area contributed by atoms with Crippen molar-refractivity contribution in [3.63, 3.8) is 0 Å². The molecule has 8 heteroatoms. The number of thiazole rings is 1. The number of aliphatic hydroxyl groups is 1. The summed E-state index contributed by atoms with van der Waals surface area (Å²) in [5.74, 6) is -0.477. The number of hydrogen-bond acceptors (Lipinski definition) is 5. The summed E-state index contributed by atoms with van der Waals surface area (Å²) in [4.78, 5) is 4.04. The Morgan fingerprint density at radius 1 is 1.33 bits per heavy atom. The van der Waals surface area contributed by atoms with E-state index in [1.54, 1.807) is 12.3 Å². The van der Waals surface area contributed by atoms with Crippen molar-refractivity contribution < 1.29 is 17.9 Å². The second-order valence-electron chi connectivity index (χ2n) is 4.73. The molecule has 2 aromatic rings. The number of benzene rings is 1. The summed E-state index contributed by atoms with van der Waals surface area (Å²) < 4.78 is 40.4. The molecule has 21 heavy (non-hydrogen) atoms. The van der Waals surface area contributed by atoms with E-state index in [1.165, 1.54) is 26.0 Å². The Kier molecular flexibility index (Phi) is 4.31. The van der Waals surface area contributed by atoms with E-state index in [9.17, 15) is 17.9 Å². The van der Waals surface area contributed by atoms with Gasteiger partial charge in [-0.3, -0.25) is 4.72 Å². The van der Waals surface area contributed by atoms with Crippen LogP contribution in [0.3, 0.4) is 0 Å². The molecular weight excluding hydrogens is 315 g/mol. The van der Waals surface area contributed by atoms with Gasteiger partial charge in [-0.05, 0) is 44.0 Å². The lowest BCUT2D eigenvalue weighted by Gasteiger charge is -2.11. The predicted octanol–water partition coefficient (Wildman–Crippen LogP) is 2.75. The van der Waals surface area contributed by atoms with Crippen LogP contribution in [-0.2, 0) is 10.0 Å². The molecule has 0 spiro atoms. The Hall–Kier alpha value is -1.51. The minimum atomic E-state index is -3.85. The zero-order valence-corrected chi connectivity index (χ0v) is 13.3. The molecule has 0 saturated carbocycles. The molecule has 1 unspecified atom stereocenters. The van der Waals surface area contributed by atoms with Crippen molar-refractivity contribution in [1.29, 1.82) is 0 Å². The van der Waals surface area contributed by atoms with Gasteiger partial charge in [0.25, 0.3) is 10.0 Å². The van der Waals surface area contributed by atoms with Crippen molar-refractivity contribution in [3.8, 4) is 0 Å². The summed E-state index contributed by atoms with van der Waals surface area (Å²) in [7, 11) is -3.85. The quantitative estimate of drug-likeness (QED) is 0.903. The van der Waals surface area contributed by atoms with Gasteiger partial charge in [-0.1, -0.05) is 0 Å². The van der Waals surface area contributed by atoms with E-state index in [2.05, 4.69) is 9.71 Å². The van der Waals surface area contributed by atoms with Crippen LogP contribution in [0.15, 0.2) is 22.4 Å². The molecule has 0 aliphatic heterocycles. The first-order valence-electron chi connectivity index (χ1n) is 6.14. The minimum absolute atomic E-state index is 0.0395. The number of anilines is 1. The van der Waals surface area contributed by atoms with Crippen LogP contribution in [0.2, 0.25) is 0 Å². The molecule has 0 aliphatic carbocycles. The van der Waals surface area contributed by atoms with Gasteiger partial charge in [0, 0.05) is 5.38 Å². The van der Waals surface area contributed by atoms with Gasteiger partial charge in [0.05, 0.1) is 16.7 Å². The van der Waals surface area contributed by atoms with E-state index >= 15 is 0 Å². The zero-order valence-electron chi connectivity index (χ0n) is 11.7. The number of nitrogens with one attached hydrogen (secondary N) is 1. The smallest absolute Gasteiger partial charge is 0.264 e. The van der Waals surface area contributed by atoms with Crippen LogP contribution in [-0.4, -0.2) is 18.5 Å².